The van der Waals surface area contributed by atoms with E-state index in [-0.39, 0.29) is 24.9 Å². The third kappa shape index (κ3) is 15.5. The van der Waals surface area contributed by atoms with Crippen molar-refractivity contribution in [1.29, 1.82) is 5.26 Å². The van der Waals surface area contributed by atoms with Gasteiger partial charge in [-0.3, -0.25) is 4.79 Å². The van der Waals surface area contributed by atoms with E-state index in [2.05, 4.69) is 41.8 Å². The molecule has 0 aliphatic carbocycles. The van der Waals surface area contributed by atoms with E-state index in [4.69, 9.17) is 34.9 Å². The number of rotatable bonds is 25. The average molecular weight is 917 g/mol. The first-order valence-corrected chi connectivity index (χ1v) is 23.3. The number of hydrogen-bond donors (Lipinski definition) is 3. The summed E-state index contributed by atoms with van der Waals surface area (Å²) in [7, 11) is 0. The van der Waals surface area contributed by atoms with Crippen molar-refractivity contribution in [2.45, 2.75) is 91.2 Å². The summed E-state index contributed by atoms with van der Waals surface area (Å²) >= 11 is 0. The first-order valence-electron chi connectivity index (χ1n) is 23.3. The highest BCUT2D eigenvalue weighted by molar-refractivity contribution is 6.00. The molecule has 0 saturated carbocycles. The number of alkyl halides is 3. The number of nitrogens with two attached hydrogens (primary N) is 1. The van der Waals surface area contributed by atoms with E-state index < -0.39 is 12.8 Å². The SMILES string of the molecule is CCOc1ccccc1OCCC[C@H](C)Cc1cc2c(c(C(N)=O)c1)N(CCCO)CC2.C[C@@H](CCCOc1ccccc1OCC(F)(F)F)Cc1cc(C#N)c2c(c1)CCN2CCCO. The lowest BCUT2D eigenvalue weighted by Gasteiger charge is -2.22. The van der Waals surface area contributed by atoms with Gasteiger partial charge in [-0.15, -0.1) is 0 Å². The van der Waals surface area contributed by atoms with Crippen LogP contribution in [-0.2, 0) is 25.7 Å². The molecule has 0 saturated heterocycles. The molecule has 0 fully saturated rings. The quantitative estimate of drug-likeness (QED) is 0.0549. The monoisotopic (exact) mass is 916 g/mol. The number of nitrogens with zero attached hydrogens (tertiary/aromatic N) is 3. The number of carbonyl (C=O) groups excluding carboxylic acids is 1. The van der Waals surface area contributed by atoms with Crippen molar-refractivity contribution in [1.82, 2.24) is 0 Å². The molecule has 0 bridgehead atoms. The first-order chi connectivity index (χ1) is 31.8. The van der Waals surface area contributed by atoms with Crippen LogP contribution in [0.15, 0.2) is 72.8 Å². The molecule has 2 atom stereocenters. The third-order valence-electron chi connectivity index (χ3n) is 11.7. The van der Waals surface area contributed by atoms with Crippen LogP contribution >= 0.6 is 0 Å². The lowest BCUT2D eigenvalue weighted by molar-refractivity contribution is -0.153. The molecular formula is C52H67F3N4O7. The van der Waals surface area contributed by atoms with Crippen LogP contribution in [0.1, 0.15) is 97.5 Å². The minimum atomic E-state index is -4.40. The Morgan fingerprint density at radius 3 is 1.67 bits per heavy atom. The van der Waals surface area contributed by atoms with Gasteiger partial charge in [0.1, 0.15) is 6.07 Å². The van der Waals surface area contributed by atoms with Gasteiger partial charge in [0.05, 0.1) is 42.3 Å². The number of amides is 1. The molecular weight excluding hydrogens is 850 g/mol. The van der Waals surface area contributed by atoms with Crippen LogP contribution in [0.5, 0.6) is 23.0 Å². The average Bonchev–Trinajstić information content (AvgIpc) is 3.91. The van der Waals surface area contributed by atoms with Gasteiger partial charge in [-0.1, -0.05) is 50.2 Å². The van der Waals surface area contributed by atoms with E-state index in [1.54, 1.807) is 18.2 Å². The number of nitriles is 1. The number of fused-ring (bicyclic) bond motifs is 2. The van der Waals surface area contributed by atoms with Crippen molar-refractivity contribution in [2.24, 2.45) is 17.6 Å². The standard InChI is InChI=1S/C26H31F3N2O3.C26H36N2O4/c1-19(6-4-13-33-23-7-2-3-8-24(23)34-18-26(27,28)29)14-20-15-21-9-11-31(10-5-12-32)25(21)22(16-20)17-30;1-3-31-23-9-4-5-10-24(23)32-15-6-8-19(2)16-20-17-21-11-13-28(12-7-14-29)25(21)22(18-20)26(27)30/h2-3,7-8,15-16,19,32H,4-6,9-14,18H2,1H3;4-5,9-10,17-19,29H,3,6-8,11-16H2,1-2H3,(H2,27,30)/t2*19-/m00/s1. The van der Waals surface area contributed by atoms with Crippen molar-refractivity contribution in [3.8, 4) is 29.1 Å². The second kappa shape index (κ2) is 25.9. The highest BCUT2D eigenvalue weighted by atomic mass is 19.4. The molecule has 4 N–H and O–H groups in total. The van der Waals surface area contributed by atoms with Gasteiger partial charge in [0.25, 0.3) is 5.91 Å². The van der Waals surface area contributed by atoms with Crippen LogP contribution in [0, 0.1) is 23.2 Å². The second-order valence-corrected chi connectivity index (χ2v) is 17.2. The van der Waals surface area contributed by atoms with Gasteiger partial charge in [-0.05, 0) is 142 Å². The molecule has 6 rings (SSSR count). The van der Waals surface area contributed by atoms with E-state index in [0.29, 0.717) is 61.4 Å². The van der Waals surface area contributed by atoms with E-state index >= 15 is 0 Å². The molecule has 0 aromatic heterocycles. The Hall–Kier alpha value is -5.65. The van der Waals surface area contributed by atoms with E-state index in [0.717, 1.165) is 112 Å². The first kappa shape index (κ1) is 51.3. The molecule has 2 heterocycles. The van der Waals surface area contributed by atoms with Crippen LogP contribution in [0.2, 0.25) is 0 Å². The minimum Gasteiger partial charge on any atom is -0.490 e. The molecule has 0 spiro atoms. The molecule has 2 aliphatic rings. The third-order valence-corrected chi connectivity index (χ3v) is 11.7. The molecule has 14 heteroatoms. The zero-order chi connectivity index (χ0) is 47.5. The molecule has 66 heavy (non-hydrogen) atoms. The van der Waals surface area contributed by atoms with E-state index in [1.807, 2.05) is 43.3 Å². The largest absolute Gasteiger partial charge is 0.490 e. The fourth-order valence-corrected chi connectivity index (χ4v) is 8.79. The van der Waals surface area contributed by atoms with Crippen molar-refractivity contribution in [2.75, 3.05) is 75.6 Å². The Morgan fingerprint density at radius 2 is 1.20 bits per heavy atom. The maximum atomic E-state index is 12.4. The Labute approximate surface area is 388 Å². The van der Waals surface area contributed by atoms with Gasteiger partial charge in [0.2, 0.25) is 0 Å². The lowest BCUT2D eigenvalue weighted by atomic mass is 9.93. The van der Waals surface area contributed by atoms with Crippen LogP contribution < -0.4 is 34.5 Å². The van der Waals surface area contributed by atoms with Crippen LogP contribution in [-0.4, -0.2) is 88.1 Å². The molecule has 0 unspecified atom stereocenters. The fourth-order valence-electron chi connectivity index (χ4n) is 8.79. The minimum absolute atomic E-state index is 0.0862. The van der Waals surface area contributed by atoms with Crippen molar-refractivity contribution in [3.63, 3.8) is 0 Å². The number of para-hydroxylation sites is 4. The zero-order valence-corrected chi connectivity index (χ0v) is 38.7. The molecule has 11 nitrogen and oxygen atoms in total. The fraction of sp³-hybridized carbons (Fsp3) is 0.500. The summed E-state index contributed by atoms with van der Waals surface area (Å²) in [5.41, 5.74) is 13.7. The molecule has 2 aliphatic heterocycles. The van der Waals surface area contributed by atoms with Gasteiger partial charge in [-0.2, -0.15) is 18.4 Å². The summed E-state index contributed by atoms with van der Waals surface area (Å²) < 4.78 is 59.4. The van der Waals surface area contributed by atoms with E-state index in [9.17, 15) is 23.2 Å². The second-order valence-electron chi connectivity index (χ2n) is 17.2. The molecule has 4 aromatic rings. The predicted octanol–water partition coefficient (Wildman–Crippen LogP) is 9.25. The Bertz CT molecular complexity index is 2200. The van der Waals surface area contributed by atoms with Crippen molar-refractivity contribution in [3.05, 3.63) is 106 Å². The number of carbonyl (C=O) groups is 1. The number of ether oxygens (including phenoxy) is 4. The van der Waals surface area contributed by atoms with Crippen LogP contribution in [0.3, 0.4) is 0 Å². The van der Waals surface area contributed by atoms with Crippen LogP contribution in [0.25, 0.3) is 0 Å². The maximum Gasteiger partial charge on any atom is 0.422 e. The van der Waals surface area contributed by atoms with Crippen LogP contribution in [0.4, 0.5) is 24.5 Å². The highest BCUT2D eigenvalue weighted by Gasteiger charge is 2.29. The molecule has 0 radical (unpaired) electrons. The van der Waals surface area contributed by atoms with Gasteiger partial charge in [0, 0.05) is 39.4 Å². The zero-order valence-electron chi connectivity index (χ0n) is 38.7. The highest BCUT2D eigenvalue weighted by Crippen LogP contribution is 2.36. The van der Waals surface area contributed by atoms with Gasteiger partial charge < -0.3 is 44.7 Å². The molecule has 4 aromatic carbocycles. The summed E-state index contributed by atoms with van der Waals surface area (Å²) in [6, 6.07) is 24.8. The molecule has 1 amide bonds. The Balaban J connectivity index is 0.000000248. The summed E-state index contributed by atoms with van der Waals surface area (Å²) in [5.74, 6) is 2.41. The van der Waals surface area contributed by atoms with Gasteiger partial charge in [0.15, 0.2) is 29.6 Å². The number of anilines is 2. The topological polar surface area (TPSA) is 151 Å². The molecule has 358 valence electrons. The lowest BCUT2D eigenvalue weighted by Crippen LogP contribution is -2.25. The summed E-state index contributed by atoms with van der Waals surface area (Å²) in [5, 5.41) is 27.9. The summed E-state index contributed by atoms with van der Waals surface area (Å²) in [6.45, 7) is 10.1. The van der Waals surface area contributed by atoms with Crippen molar-refractivity contribution < 1.29 is 47.1 Å². The number of hydrogen-bond acceptors (Lipinski definition) is 10. The van der Waals surface area contributed by atoms with E-state index in [1.165, 1.54) is 17.2 Å². The number of halogens is 3. The number of aliphatic hydroxyl groups is 2. The summed E-state index contributed by atoms with van der Waals surface area (Å²) in [4.78, 5) is 16.5. The van der Waals surface area contributed by atoms with Crippen molar-refractivity contribution >= 4 is 17.3 Å². The Kier molecular flexibility index (Phi) is 20.1. The summed E-state index contributed by atoms with van der Waals surface area (Å²) in [6.07, 6.45) is 4.14. The van der Waals surface area contributed by atoms with Gasteiger partial charge >= 0.3 is 6.18 Å². The smallest absolute Gasteiger partial charge is 0.422 e. The maximum absolute atomic E-state index is 12.4. The predicted molar refractivity (Wildman–Crippen MR) is 252 cm³/mol. The Morgan fingerprint density at radius 1 is 0.727 bits per heavy atom. The van der Waals surface area contributed by atoms with Gasteiger partial charge in [-0.25, -0.2) is 0 Å². The number of benzene rings is 4. The number of aliphatic hydroxyl groups excluding tert-OH is 2. The normalized spacial score (nSPS) is 13.8. The number of primary amides is 1.